The summed E-state index contributed by atoms with van der Waals surface area (Å²) in [5.74, 6) is -0.210. The van der Waals surface area contributed by atoms with Crippen LogP contribution in [0.3, 0.4) is 0 Å². The lowest BCUT2D eigenvalue weighted by molar-refractivity contribution is -0.162. The molecule has 4 nitrogen and oxygen atoms in total. The standard InChI is InChI=1S/C9H12N2O2S/c1-7-10-8(6-14-7)4-5-9(12)11(2)13-3/h4-6H,1-3H3/b5-4+. The van der Waals surface area contributed by atoms with Gasteiger partial charge in [0.2, 0.25) is 0 Å². The van der Waals surface area contributed by atoms with Crippen LogP contribution in [0.4, 0.5) is 0 Å². The van der Waals surface area contributed by atoms with Crippen LogP contribution in [0.25, 0.3) is 6.08 Å². The molecule has 0 aliphatic rings. The molecule has 0 saturated heterocycles. The SMILES string of the molecule is CON(C)C(=O)/C=C/c1csc(C)n1. The number of carbonyl (C=O) groups excluding carboxylic acids is 1. The molecule has 1 aromatic rings. The van der Waals surface area contributed by atoms with Crippen molar-refractivity contribution in [3.8, 4) is 0 Å². The minimum Gasteiger partial charge on any atom is -0.274 e. The van der Waals surface area contributed by atoms with Crippen molar-refractivity contribution in [2.45, 2.75) is 6.92 Å². The smallest absolute Gasteiger partial charge is 0.269 e. The Morgan fingerprint density at radius 3 is 2.93 bits per heavy atom. The highest BCUT2D eigenvalue weighted by atomic mass is 32.1. The first-order valence-electron chi connectivity index (χ1n) is 4.05. The normalized spacial score (nSPS) is 10.8. The molecule has 0 unspecified atom stereocenters. The van der Waals surface area contributed by atoms with E-state index in [2.05, 4.69) is 4.98 Å². The number of hydrogen-bond acceptors (Lipinski definition) is 4. The zero-order chi connectivity index (χ0) is 10.6. The second-order valence-electron chi connectivity index (χ2n) is 2.64. The molecule has 14 heavy (non-hydrogen) atoms. The van der Waals surface area contributed by atoms with Gasteiger partial charge >= 0.3 is 0 Å². The molecule has 5 heteroatoms. The number of amides is 1. The van der Waals surface area contributed by atoms with Gasteiger partial charge in [0.1, 0.15) is 0 Å². The van der Waals surface area contributed by atoms with Crippen LogP contribution in [0.1, 0.15) is 10.7 Å². The molecule has 1 heterocycles. The van der Waals surface area contributed by atoms with E-state index in [0.717, 1.165) is 15.8 Å². The molecule has 0 aliphatic heterocycles. The Labute approximate surface area is 86.8 Å². The van der Waals surface area contributed by atoms with Crippen molar-refractivity contribution < 1.29 is 9.63 Å². The zero-order valence-corrected chi connectivity index (χ0v) is 9.17. The lowest BCUT2D eigenvalue weighted by Gasteiger charge is -2.09. The van der Waals surface area contributed by atoms with Gasteiger partial charge in [-0.15, -0.1) is 11.3 Å². The Balaban J connectivity index is 2.60. The van der Waals surface area contributed by atoms with Gasteiger partial charge in [0, 0.05) is 18.5 Å². The van der Waals surface area contributed by atoms with E-state index in [1.807, 2.05) is 12.3 Å². The molecule has 76 valence electrons. The summed E-state index contributed by atoms with van der Waals surface area (Å²) in [5, 5.41) is 4.03. The van der Waals surface area contributed by atoms with Gasteiger partial charge in [-0.2, -0.15) is 0 Å². The first kappa shape index (κ1) is 10.9. The number of aryl methyl sites for hydroxylation is 1. The molecule has 0 N–H and O–H groups in total. The van der Waals surface area contributed by atoms with E-state index < -0.39 is 0 Å². The number of hydrogen-bond donors (Lipinski definition) is 0. The molecule has 0 aromatic carbocycles. The monoisotopic (exact) mass is 212 g/mol. The van der Waals surface area contributed by atoms with Crippen molar-refractivity contribution in [2.24, 2.45) is 0 Å². The summed E-state index contributed by atoms with van der Waals surface area (Å²) >= 11 is 1.55. The molecule has 0 saturated carbocycles. The fourth-order valence-corrected chi connectivity index (χ4v) is 1.39. The number of hydroxylamine groups is 2. The van der Waals surface area contributed by atoms with Crippen molar-refractivity contribution in [3.63, 3.8) is 0 Å². The van der Waals surface area contributed by atoms with Crippen LogP contribution in [0, 0.1) is 6.92 Å². The van der Waals surface area contributed by atoms with E-state index >= 15 is 0 Å². The Morgan fingerprint density at radius 2 is 2.43 bits per heavy atom. The van der Waals surface area contributed by atoms with Crippen LogP contribution in [-0.4, -0.2) is 30.1 Å². The summed E-state index contributed by atoms with van der Waals surface area (Å²) in [7, 11) is 3.00. The summed E-state index contributed by atoms with van der Waals surface area (Å²) in [4.78, 5) is 20.2. The minimum atomic E-state index is -0.210. The number of rotatable bonds is 3. The summed E-state index contributed by atoms with van der Waals surface area (Å²) in [6.07, 6.45) is 3.10. The van der Waals surface area contributed by atoms with Gasteiger partial charge in [-0.1, -0.05) is 0 Å². The van der Waals surface area contributed by atoms with Gasteiger partial charge < -0.3 is 0 Å². The average Bonchev–Trinajstić information content (AvgIpc) is 2.59. The fourth-order valence-electron chi connectivity index (χ4n) is 0.808. The van der Waals surface area contributed by atoms with Crippen molar-refractivity contribution in [2.75, 3.05) is 14.2 Å². The highest BCUT2D eigenvalue weighted by Crippen LogP contribution is 2.09. The molecule has 0 bridgehead atoms. The third kappa shape index (κ3) is 2.93. The molecule has 1 rings (SSSR count). The number of aromatic nitrogens is 1. The van der Waals surface area contributed by atoms with E-state index in [4.69, 9.17) is 4.84 Å². The fraction of sp³-hybridized carbons (Fsp3) is 0.333. The second-order valence-corrected chi connectivity index (χ2v) is 3.71. The third-order valence-corrected chi connectivity index (χ3v) is 2.41. The second kappa shape index (κ2) is 4.88. The van der Waals surface area contributed by atoms with Crippen molar-refractivity contribution >= 4 is 23.3 Å². The molecule has 0 fully saturated rings. The van der Waals surface area contributed by atoms with Crippen molar-refractivity contribution in [1.29, 1.82) is 0 Å². The first-order valence-corrected chi connectivity index (χ1v) is 4.93. The van der Waals surface area contributed by atoms with Crippen LogP contribution in [0.2, 0.25) is 0 Å². The van der Waals surface area contributed by atoms with E-state index in [1.54, 1.807) is 24.5 Å². The highest BCUT2D eigenvalue weighted by Gasteiger charge is 2.02. The molecular formula is C9H12N2O2S. The van der Waals surface area contributed by atoms with E-state index in [-0.39, 0.29) is 5.91 Å². The Morgan fingerprint density at radius 1 is 1.71 bits per heavy atom. The Bertz CT molecular complexity index is 346. The lowest BCUT2D eigenvalue weighted by Crippen LogP contribution is -2.22. The summed E-state index contributed by atoms with van der Waals surface area (Å²) in [5.41, 5.74) is 0.797. The number of likely N-dealkylation sites (N-methyl/N-ethyl adjacent to an activating group) is 1. The van der Waals surface area contributed by atoms with E-state index in [0.29, 0.717) is 0 Å². The maximum atomic E-state index is 11.2. The number of nitrogens with zero attached hydrogens (tertiary/aromatic N) is 2. The van der Waals surface area contributed by atoms with E-state index in [1.165, 1.54) is 13.2 Å². The topological polar surface area (TPSA) is 42.4 Å². The molecule has 1 aromatic heterocycles. The van der Waals surface area contributed by atoms with Gasteiger partial charge in [-0.25, -0.2) is 10.0 Å². The lowest BCUT2D eigenvalue weighted by atomic mass is 10.4. The molecule has 0 aliphatic carbocycles. The average molecular weight is 212 g/mol. The molecule has 1 amide bonds. The van der Waals surface area contributed by atoms with Crippen molar-refractivity contribution in [1.82, 2.24) is 10.0 Å². The third-order valence-electron chi connectivity index (χ3n) is 1.62. The number of thiazole rings is 1. The first-order chi connectivity index (χ1) is 6.63. The van der Waals surface area contributed by atoms with Crippen LogP contribution < -0.4 is 0 Å². The van der Waals surface area contributed by atoms with Crippen LogP contribution >= 0.6 is 11.3 Å². The van der Waals surface area contributed by atoms with Crippen molar-refractivity contribution in [3.05, 3.63) is 22.2 Å². The predicted molar refractivity (Wildman–Crippen MR) is 55.7 cm³/mol. The minimum absolute atomic E-state index is 0.210. The van der Waals surface area contributed by atoms with Crippen LogP contribution in [0.5, 0.6) is 0 Å². The largest absolute Gasteiger partial charge is 0.274 e. The molecular weight excluding hydrogens is 200 g/mol. The Kier molecular flexibility index (Phi) is 3.79. The molecule has 0 atom stereocenters. The Hall–Kier alpha value is -1.20. The van der Waals surface area contributed by atoms with Gasteiger partial charge in [0.05, 0.1) is 17.8 Å². The zero-order valence-electron chi connectivity index (χ0n) is 8.35. The number of carbonyl (C=O) groups is 1. The van der Waals surface area contributed by atoms with Crippen LogP contribution in [0.15, 0.2) is 11.5 Å². The van der Waals surface area contributed by atoms with Gasteiger partial charge in [-0.3, -0.25) is 9.63 Å². The highest BCUT2D eigenvalue weighted by molar-refractivity contribution is 7.09. The van der Waals surface area contributed by atoms with Gasteiger partial charge in [0.25, 0.3) is 5.91 Å². The van der Waals surface area contributed by atoms with Crippen LogP contribution in [-0.2, 0) is 9.63 Å². The molecule has 0 radical (unpaired) electrons. The maximum absolute atomic E-state index is 11.2. The summed E-state index contributed by atoms with van der Waals surface area (Å²) in [6, 6.07) is 0. The van der Waals surface area contributed by atoms with E-state index in [9.17, 15) is 4.79 Å². The van der Waals surface area contributed by atoms with Gasteiger partial charge in [0.15, 0.2) is 0 Å². The summed E-state index contributed by atoms with van der Waals surface area (Å²) < 4.78 is 0. The quantitative estimate of drug-likeness (QED) is 0.563. The summed E-state index contributed by atoms with van der Waals surface area (Å²) in [6.45, 7) is 1.92. The maximum Gasteiger partial charge on any atom is 0.269 e. The molecule has 0 spiro atoms. The van der Waals surface area contributed by atoms with Gasteiger partial charge in [-0.05, 0) is 13.0 Å². The predicted octanol–water partition coefficient (Wildman–Crippen LogP) is 1.48.